The highest BCUT2D eigenvalue weighted by Crippen LogP contribution is 2.06. The Balaban J connectivity index is 1.78. The Morgan fingerprint density at radius 2 is 2.25 bits per heavy atom. The second kappa shape index (κ2) is 5.04. The monoisotopic (exact) mass is 271 g/mol. The van der Waals surface area contributed by atoms with Crippen LogP contribution in [0.15, 0.2) is 43.0 Å². The molecule has 0 saturated carbocycles. The summed E-state index contributed by atoms with van der Waals surface area (Å²) in [6.45, 7) is 0.224. The first-order valence-electron chi connectivity index (χ1n) is 5.91. The van der Waals surface area contributed by atoms with Gasteiger partial charge in [-0.1, -0.05) is 6.07 Å². The molecule has 20 heavy (non-hydrogen) atoms. The van der Waals surface area contributed by atoms with Crippen LogP contribution in [0.25, 0.3) is 5.65 Å². The molecule has 0 spiro atoms. The summed E-state index contributed by atoms with van der Waals surface area (Å²) < 4.78 is 15.0. The van der Waals surface area contributed by atoms with Crippen molar-refractivity contribution in [3.8, 4) is 0 Å². The molecule has 6 nitrogen and oxygen atoms in total. The molecule has 1 N–H and O–H groups in total. The Morgan fingerprint density at radius 3 is 3.10 bits per heavy atom. The lowest BCUT2D eigenvalue weighted by atomic mass is 10.2. The van der Waals surface area contributed by atoms with E-state index in [1.165, 1.54) is 18.6 Å². The van der Waals surface area contributed by atoms with E-state index in [9.17, 15) is 9.18 Å². The Labute approximate surface area is 113 Å². The summed E-state index contributed by atoms with van der Waals surface area (Å²) in [5.74, 6) is -1.15. The van der Waals surface area contributed by atoms with E-state index in [-0.39, 0.29) is 12.1 Å². The minimum absolute atomic E-state index is 0.0363. The van der Waals surface area contributed by atoms with Gasteiger partial charge in [-0.3, -0.25) is 9.78 Å². The smallest absolute Gasteiger partial charge is 0.254 e. The van der Waals surface area contributed by atoms with Gasteiger partial charge >= 0.3 is 0 Å². The fourth-order valence-corrected chi connectivity index (χ4v) is 1.86. The number of carbonyl (C=O) groups is 1. The number of nitrogens with one attached hydrogen (secondary N) is 1. The first-order chi connectivity index (χ1) is 9.75. The molecule has 0 atom stereocenters. The van der Waals surface area contributed by atoms with Gasteiger partial charge in [0.15, 0.2) is 11.5 Å². The molecule has 3 rings (SSSR count). The van der Waals surface area contributed by atoms with Crippen LogP contribution in [0.3, 0.4) is 0 Å². The summed E-state index contributed by atoms with van der Waals surface area (Å²) in [6, 6.07) is 6.77. The molecule has 0 aliphatic heterocycles. The van der Waals surface area contributed by atoms with Crippen molar-refractivity contribution in [3.05, 3.63) is 60.1 Å². The van der Waals surface area contributed by atoms with Gasteiger partial charge in [-0.25, -0.2) is 13.9 Å². The van der Waals surface area contributed by atoms with Gasteiger partial charge in [0.05, 0.1) is 24.0 Å². The normalized spacial score (nSPS) is 10.7. The van der Waals surface area contributed by atoms with Crippen LogP contribution >= 0.6 is 0 Å². The molecule has 0 aliphatic rings. The van der Waals surface area contributed by atoms with E-state index in [0.717, 1.165) is 11.9 Å². The standard InChI is InChI=1S/C13H10FN5O/c14-11-7-15-5-4-10(11)13(20)16-6-9-2-1-3-12-17-8-18-19(9)12/h1-5,7-8H,6H2,(H,16,20). The van der Waals surface area contributed by atoms with E-state index in [2.05, 4.69) is 20.4 Å². The number of aromatic nitrogens is 4. The Hall–Kier alpha value is -2.83. The minimum Gasteiger partial charge on any atom is -0.346 e. The fraction of sp³-hybridized carbons (Fsp3) is 0.0769. The lowest BCUT2D eigenvalue weighted by molar-refractivity contribution is 0.0946. The van der Waals surface area contributed by atoms with Crippen molar-refractivity contribution in [2.75, 3.05) is 0 Å². The zero-order chi connectivity index (χ0) is 13.9. The van der Waals surface area contributed by atoms with Gasteiger partial charge < -0.3 is 5.32 Å². The van der Waals surface area contributed by atoms with E-state index in [0.29, 0.717) is 5.65 Å². The fourth-order valence-electron chi connectivity index (χ4n) is 1.86. The average molecular weight is 271 g/mol. The Bertz CT molecular complexity index is 770. The van der Waals surface area contributed by atoms with Crippen LogP contribution in [0.5, 0.6) is 0 Å². The average Bonchev–Trinajstić information content (AvgIpc) is 2.94. The molecule has 7 heteroatoms. The number of amides is 1. The molecular weight excluding hydrogens is 261 g/mol. The molecule has 0 saturated heterocycles. The largest absolute Gasteiger partial charge is 0.346 e. The number of carbonyl (C=O) groups excluding carboxylic acids is 1. The van der Waals surface area contributed by atoms with Crippen molar-refractivity contribution in [1.82, 2.24) is 24.9 Å². The minimum atomic E-state index is -0.649. The lowest BCUT2D eigenvalue weighted by Gasteiger charge is -2.07. The third kappa shape index (κ3) is 2.20. The molecule has 0 bridgehead atoms. The number of hydrogen-bond donors (Lipinski definition) is 1. The number of hydrogen-bond acceptors (Lipinski definition) is 4. The Kier molecular flexibility index (Phi) is 3.08. The molecule has 0 aromatic carbocycles. The zero-order valence-electron chi connectivity index (χ0n) is 10.3. The maximum atomic E-state index is 13.4. The van der Waals surface area contributed by atoms with Gasteiger partial charge in [-0.05, 0) is 18.2 Å². The molecule has 3 aromatic heterocycles. The summed E-state index contributed by atoms with van der Waals surface area (Å²) in [5, 5.41) is 6.70. The maximum Gasteiger partial charge on any atom is 0.254 e. The van der Waals surface area contributed by atoms with Crippen molar-refractivity contribution >= 4 is 11.6 Å². The maximum absolute atomic E-state index is 13.4. The second-order valence-electron chi connectivity index (χ2n) is 4.09. The van der Waals surface area contributed by atoms with Gasteiger partial charge in [0.1, 0.15) is 6.33 Å². The third-order valence-electron chi connectivity index (χ3n) is 2.83. The van der Waals surface area contributed by atoms with Crippen molar-refractivity contribution in [3.63, 3.8) is 0 Å². The van der Waals surface area contributed by atoms with Crippen LogP contribution < -0.4 is 5.32 Å². The van der Waals surface area contributed by atoms with Crippen LogP contribution in [-0.2, 0) is 6.54 Å². The molecular formula is C13H10FN5O. The first kappa shape index (κ1) is 12.2. The molecule has 0 fully saturated rings. The van der Waals surface area contributed by atoms with Crippen LogP contribution in [0.2, 0.25) is 0 Å². The summed E-state index contributed by atoms with van der Waals surface area (Å²) in [5.41, 5.74) is 1.40. The van der Waals surface area contributed by atoms with E-state index in [1.807, 2.05) is 12.1 Å². The van der Waals surface area contributed by atoms with E-state index < -0.39 is 11.7 Å². The summed E-state index contributed by atoms with van der Waals surface area (Å²) in [7, 11) is 0. The van der Waals surface area contributed by atoms with Crippen LogP contribution in [0.1, 0.15) is 16.1 Å². The highest BCUT2D eigenvalue weighted by Gasteiger charge is 2.11. The van der Waals surface area contributed by atoms with Crippen LogP contribution in [0, 0.1) is 5.82 Å². The van der Waals surface area contributed by atoms with Crippen molar-refractivity contribution in [2.45, 2.75) is 6.54 Å². The summed E-state index contributed by atoms with van der Waals surface area (Å²) >= 11 is 0. The van der Waals surface area contributed by atoms with E-state index in [1.54, 1.807) is 10.6 Å². The molecule has 0 aliphatic carbocycles. The van der Waals surface area contributed by atoms with Gasteiger partial charge in [0.2, 0.25) is 0 Å². The molecule has 3 aromatic rings. The van der Waals surface area contributed by atoms with Gasteiger partial charge in [0, 0.05) is 6.20 Å². The summed E-state index contributed by atoms with van der Waals surface area (Å²) in [6.07, 6.45) is 3.81. The molecule has 0 unspecified atom stereocenters. The number of rotatable bonds is 3. The number of pyridine rings is 2. The van der Waals surface area contributed by atoms with Crippen molar-refractivity contribution in [2.24, 2.45) is 0 Å². The van der Waals surface area contributed by atoms with Gasteiger partial charge in [-0.15, -0.1) is 0 Å². The summed E-state index contributed by atoms with van der Waals surface area (Å²) in [4.78, 5) is 19.5. The van der Waals surface area contributed by atoms with Gasteiger partial charge in [0.25, 0.3) is 5.91 Å². The van der Waals surface area contributed by atoms with Gasteiger partial charge in [-0.2, -0.15) is 5.10 Å². The highest BCUT2D eigenvalue weighted by molar-refractivity contribution is 5.94. The van der Waals surface area contributed by atoms with Crippen LogP contribution in [0.4, 0.5) is 4.39 Å². The Morgan fingerprint density at radius 1 is 1.35 bits per heavy atom. The van der Waals surface area contributed by atoms with Crippen molar-refractivity contribution < 1.29 is 9.18 Å². The predicted octanol–water partition coefficient (Wildman–Crippen LogP) is 1.19. The number of fused-ring (bicyclic) bond motifs is 1. The van der Waals surface area contributed by atoms with E-state index >= 15 is 0 Å². The first-order valence-corrected chi connectivity index (χ1v) is 5.91. The van der Waals surface area contributed by atoms with Crippen LogP contribution in [-0.4, -0.2) is 25.5 Å². The molecule has 3 heterocycles. The van der Waals surface area contributed by atoms with Crippen molar-refractivity contribution in [1.29, 1.82) is 0 Å². The number of halogens is 1. The quantitative estimate of drug-likeness (QED) is 0.776. The SMILES string of the molecule is O=C(NCc1cccc2ncnn12)c1ccncc1F. The molecule has 100 valence electrons. The second-order valence-corrected chi connectivity index (χ2v) is 4.09. The zero-order valence-corrected chi connectivity index (χ0v) is 10.3. The molecule has 0 radical (unpaired) electrons. The third-order valence-corrected chi connectivity index (χ3v) is 2.83. The van der Waals surface area contributed by atoms with E-state index in [4.69, 9.17) is 0 Å². The molecule has 1 amide bonds. The predicted molar refractivity (Wildman–Crippen MR) is 68.4 cm³/mol. The topological polar surface area (TPSA) is 72.2 Å². The lowest BCUT2D eigenvalue weighted by Crippen LogP contribution is -2.25. The number of nitrogens with zero attached hydrogens (tertiary/aromatic N) is 4. The highest BCUT2D eigenvalue weighted by atomic mass is 19.1.